The van der Waals surface area contributed by atoms with Gasteiger partial charge in [0.1, 0.15) is 6.54 Å². The molecule has 0 bridgehead atoms. The predicted molar refractivity (Wildman–Crippen MR) is 129 cm³/mol. The number of halogens is 1. The Bertz CT molecular complexity index is 1270. The van der Waals surface area contributed by atoms with Gasteiger partial charge in [0.2, 0.25) is 10.0 Å². The van der Waals surface area contributed by atoms with Gasteiger partial charge in [-0.05, 0) is 45.1 Å². The first-order valence-corrected chi connectivity index (χ1v) is 12.1. The van der Waals surface area contributed by atoms with E-state index < -0.39 is 22.5 Å². The van der Waals surface area contributed by atoms with Crippen LogP contribution in [0.5, 0.6) is 11.5 Å². The molecule has 0 saturated heterocycles. The molecule has 3 aromatic rings. The monoisotopic (exact) mass is 519 g/mol. The van der Waals surface area contributed by atoms with Crippen LogP contribution in [0.15, 0.2) is 64.2 Å². The van der Waals surface area contributed by atoms with Gasteiger partial charge >= 0.3 is 0 Å². The maximum absolute atomic E-state index is 12.5. The van der Waals surface area contributed by atoms with Gasteiger partial charge in [-0.25, -0.2) is 13.8 Å². The molecule has 3 aromatic carbocycles. The number of fused-ring (bicyclic) bond motifs is 1. The van der Waals surface area contributed by atoms with E-state index in [1.165, 1.54) is 20.4 Å². The highest BCUT2D eigenvalue weighted by molar-refractivity contribution is 9.10. The standard InChI is InChI=1S/C22H22BrN3O5S/c1-30-20-12-15(11-18(23)22(20)31-2)13-24-25-21(27)14-26(32(3,28)29)19-10-6-8-16-7-4-5-9-17(16)19/h4-13H,14H2,1-3H3,(H,25,27)/b24-13-. The van der Waals surface area contributed by atoms with Gasteiger partial charge in [-0.1, -0.05) is 36.4 Å². The number of hydrogen-bond donors (Lipinski definition) is 1. The summed E-state index contributed by atoms with van der Waals surface area (Å²) in [7, 11) is -0.678. The average molecular weight is 520 g/mol. The minimum Gasteiger partial charge on any atom is -0.493 e. The largest absolute Gasteiger partial charge is 0.493 e. The quantitative estimate of drug-likeness (QED) is 0.362. The number of anilines is 1. The third-order valence-electron chi connectivity index (χ3n) is 4.58. The molecule has 3 rings (SSSR count). The predicted octanol–water partition coefficient (Wildman–Crippen LogP) is 3.54. The summed E-state index contributed by atoms with van der Waals surface area (Å²) >= 11 is 3.39. The Kier molecular flexibility index (Phi) is 7.37. The van der Waals surface area contributed by atoms with Gasteiger partial charge in [-0.15, -0.1) is 0 Å². The van der Waals surface area contributed by atoms with Crippen LogP contribution in [0.1, 0.15) is 5.56 Å². The van der Waals surface area contributed by atoms with Gasteiger partial charge in [0.25, 0.3) is 5.91 Å². The second-order valence-electron chi connectivity index (χ2n) is 6.80. The SMILES string of the molecule is COc1cc(/C=N\NC(=O)CN(c2cccc3ccccc23)S(C)(=O)=O)cc(Br)c1OC. The van der Waals surface area contributed by atoms with Gasteiger partial charge in [0.05, 0.1) is 36.9 Å². The number of methoxy groups -OCH3 is 2. The van der Waals surface area contributed by atoms with E-state index in [0.717, 1.165) is 21.3 Å². The van der Waals surface area contributed by atoms with E-state index in [-0.39, 0.29) is 0 Å². The molecule has 0 aromatic heterocycles. The minimum atomic E-state index is -3.72. The van der Waals surface area contributed by atoms with Crippen LogP contribution < -0.4 is 19.2 Å². The van der Waals surface area contributed by atoms with Crippen molar-refractivity contribution in [1.82, 2.24) is 5.43 Å². The average Bonchev–Trinajstić information content (AvgIpc) is 2.76. The Balaban J connectivity index is 1.79. The van der Waals surface area contributed by atoms with Crippen LogP contribution in [-0.4, -0.2) is 47.6 Å². The fraction of sp³-hybridized carbons (Fsp3) is 0.182. The number of nitrogens with zero attached hydrogens (tertiary/aromatic N) is 2. The summed E-state index contributed by atoms with van der Waals surface area (Å²) in [6, 6.07) is 16.1. The lowest BCUT2D eigenvalue weighted by Crippen LogP contribution is -2.39. The van der Waals surface area contributed by atoms with Crippen LogP contribution in [0.4, 0.5) is 5.69 Å². The van der Waals surface area contributed by atoms with Crippen LogP contribution in [0.3, 0.4) is 0 Å². The number of nitrogens with one attached hydrogen (secondary N) is 1. The van der Waals surface area contributed by atoms with Crippen LogP contribution in [-0.2, 0) is 14.8 Å². The maximum atomic E-state index is 12.5. The summed E-state index contributed by atoms with van der Waals surface area (Å²) in [4.78, 5) is 12.5. The van der Waals surface area contributed by atoms with Crippen molar-refractivity contribution in [3.8, 4) is 11.5 Å². The molecule has 0 atom stereocenters. The second-order valence-corrected chi connectivity index (χ2v) is 9.56. The molecule has 1 N–H and O–H groups in total. The zero-order valence-corrected chi connectivity index (χ0v) is 20.1. The van der Waals surface area contributed by atoms with E-state index in [1.54, 1.807) is 24.3 Å². The molecule has 0 saturated carbocycles. The van der Waals surface area contributed by atoms with E-state index in [1.807, 2.05) is 30.3 Å². The van der Waals surface area contributed by atoms with Crippen molar-refractivity contribution >= 4 is 54.5 Å². The molecule has 168 valence electrons. The van der Waals surface area contributed by atoms with Crippen LogP contribution >= 0.6 is 15.9 Å². The third kappa shape index (κ3) is 5.38. The normalized spacial score (nSPS) is 11.5. The highest BCUT2D eigenvalue weighted by Crippen LogP contribution is 2.35. The molecule has 8 nitrogen and oxygen atoms in total. The topological polar surface area (TPSA) is 97.3 Å². The Hall–Kier alpha value is -3.11. The number of hydrogen-bond acceptors (Lipinski definition) is 6. The summed E-state index contributed by atoms with van der Waals surface area (Å²) in [5.74, 6) is 0.445. The number of carbonyl (C=O) groups is 1. The molecular weight excluding hydrogens is 498 g/mol. The summed E-state index contributed by atoms with van der Waals surface area (Å²) in [5.41, 5.74) is 3.44. The smallest absolute Gasteiger partial charge is 0.260 e. The molecule has 0 radical (unpaired) electrons. The molecule has 0 spiro atoms. The zero-order chi connectivity index (χ0) is 23.3. The lowest BCUT2D eigenvalue weighted by atomic mass is 10.1. The Morgan fingerprint density at radius 3 is 2.53 bits per heavy atom. The first-order valence-electron chi connectivity index (χ1n) is 9.43. The molecule has 32 heavy (non-hydrogen) atoms. The van der Waals surface area contributed by atoms with E-state index in [4.69, 9.17) is 9.47 Å². The van der Waals surface area contributed by atoms with Crippen molar-refractivity contribution in [2.75, 3.05) is 31.3 Å². The molecular formula is C22H22BrN3O5S. The molecule has 0 fully saturated rings. The van der Waals surface area contributed by atoms with E-state index in [0.29, 0.717) is 27.2 Å². The summed E-state index contributed by atoms with van der Waals surface area (Å²) in [5, 5.41) is 5.54. The number of amides is 1. The lowest BCUT2D eigenvalue weighted by molar-refractivity contribution is -0.119. The van der Waals surface area contributed by atoms with E-state index in [2.05, 4.69) is 26.5 Å². The van der Waals surface area contributed by atoms with Gasteiger partial charge in [0, 0.05) is 5.39 Å². The molecule has 0 aliphatic rings. The van der Waals surface area contributed by atoms with E-state index in [9.17, 15) is 13.2 Å². The van der Waals surface area contributed by atoms with Crippen molar-refractivity contribution in [3.63, 3.8) is 0 Å². The van der Waals surface area contributed by atoms with Crippen molar-refractivity contribution in [2.45, 2.75) is 0 Å². The van der Waals surface area contributed by atoms with Crippen molar-refractivity contribution in [3.05, 3.63) is 64.6 Å². The molecule has 0 aliphatic carbocycles. The van der Waals surface area contributed by atoms with Gasteiger partial charge in [-0.2, -0.15) is 5.10 Å². The fourth-order valence-corrected chi connectivity index (χ4v) is 4.65. The zero-order valence-electron chi connectivity index (χ0n) is 17.7. The summed E-state index contributed by atoms with van der Waals surface area (Å²) in [6.07, 6.45) is 2.49. The van der Waals surface area contributed by atoms with Crippen LogP contribution in [0, 0.1) is 0 Å². The molecule has 0 heterocycles. The summed E-state index contributed by atoms with van der Waals surface area (Å²) < 4.78 is 37.2. The van der Waals surface area contributed by atoms with Gasteiger partial charge < -0.3 is 9.47 Å². The van der Waals surface area contributed by atoms with E-state index >= 15 is 0 Å². The summed E-state index contributed by atoms with van der Waals surface area (Å²) in [6.45, 7) is -0.417. The molecule has 10 heteroatoms. The highest BCUT2D eigenvalue weighted by atomic mass is 79.9. The number of rotatable bonds is 8. The first-order chi connectivity index (χ1) is 15.2. The number of ether oxygens (including phenoxy) is 2. The van der Waals surface area contributed by atoms with Crippen LogP contribution in [0.25, 0.3) is 10.8 Å². The van der Waals surface area contributed by atoms with Crippen molar-refractivity contribution in [1.29, 1.82) is 0 Å². The minimum absolute atomic E-state index is 0.417. The van der Waals surface area contributed by atoms with Gasteiger partial charge in [0.15, 0.2) is 11.5 Å². The lowest BCUT2D eigenvalue weighted by Gasteiger charge is -2.23. The number of benzene rings is 3. The second kappa shape index (κ2) is 10.0. The Morgan fingerprint density at radius 1 is 1.12 bits per heavy atom. The molecule has 0 aliphatic heterocycles. The van der Waals surface area contributed by atoms with Crippen molar-refractivity contribution < 1.29 is 22.7 Å². The maximum Gasteiger partial charge on any atom is 0.260 e. The number of sulfonamides is 1. The molecule has 1 amide bonds. The molecule has 0 unspecified atom stereocenters. The Morgan fingerprint density at radius 2 is 1.84 bits per heavy atom. The number of hydrazone groups is 1. The third-order valence-corrected chi connectivity index (χ3v) is 6.30. The van der Waals surface area contributed by atoms with Gasteiger partial charge in [-0.3, -0.25) is 9.10 Å². The number of carbonyl (C=O) groups excluding carboxylic acids is 1. The van der Waals surface area contributed by atoms with Crippen LogP contribution in [0.2, 0.25) is 0 Å². The van der Waals surface area contributed by atoms with Crippen molar-refractivity contribution in [2.24, 2.45) is 5.10 Å². The fourth-order valence-electron chi connectivity index (χ4n) is 3.16. The Labute approximate surface area is 195 Å². The highest BCUT2D eigenvalue weighted by Gasteiger charge is 2.22. The first kappa shape index (κ1) is 23.6.